The zero-order valence-electron chi connectivity index (χ0n) is 13.5. The van der Waals surface area contributed by atoms with Crippen molar-refractivity contribution in [2.24, 2.45) is 0 Å². The molecule has 1 saturated heterocycles. The minimum atomic E-state index is 0.223. The molecule has 2 aromatic rings. The number of benzene rings is 1. The van der Waals surface area contributed by atoms with Gasteiger partial charge in [-0.1, -0.05) is 6.07 Å². The Balaban J connectivity index is 1.82. The Morgan fingerprint density at radius 3 is 2.77 bits per heavy atom. The molecule has 1 atom stereocenters. The molecule has 1 aliphatic heterocycles. The average molecular weight is 300 g/mol. The van der Waals surface area contributed by atoms with E-state index in [0.29, 0.717) is 11.7 Å². The van der Waals surface area contributed by atoms with Crippen LogP contribution in [0.1, 0.15) is 26.3 Å². The maximum absolute atomic E-state index is 6.10. The van der Waals surface area contributed by atoms with E-state index in [1.54, 1.807) is 0 Å². The highest BCUT2D eigenvalue weighted by Crippen LogP contribution is 2.31. The Labute approximate surface area is 131 Å². The molecule has 5 nitrogen and oxygen atoms in total. The molecule has 0 bridgehead atoms. The van der Waals surface area contributed by atoms with Gasteiger partial charge in [-0.3, -0.25) is 4.68 Å². The summed E-state index contributed by atoms with van der Waals surface area (Å²) in [5, 5.41) is 4.40. The van der Waals surface area contributed by atoms with Crippen LogP contribution in [-0.4, -0.2) is 40.9 Å². The molecular weight excluding hydrogens is 276 g/mol. The number of hydrogen-bond acceptors (Lipinski definition) is 4. The van der Waals surface area contributed by atoms with E-state index >= 15 is 0 Å². The normalized spacial score (nSPS) is 19.0. The van der Waals surface area contributed by atoms with Crippen LogP contribution >= 0.6 is 0 Å². The molecule has 1 aliphatic rings. The zero-order valence-corrected chi connectivity index (χ0v) is 13.5. The largest absolute Gasteiger partial charge is 0.487 e. The molecule has 0 spiro atoms. The van der Waals surface area contributed by atoms with Crippen molar-refractivity contribution in [3.8, 4) is 16.9 Å². The third-order valence-corrected chi connectivity index (χ3v) is 4.12. The Kier molecular flexibility index (Phi) is 4.07. The monoisotopic (exact) mass is 300 g/mol. The summed E-state index contributed by atoms with van der Waals surface area (Å²) in [6.07, 6.45) is 5.22. The lowest BCUT2D eigenvalue weighted by atomic mass is 10.1. The highest BCUT2D eigenvalue weighted by Gasteiger charge is 2.21. The predicted molar refractivity (Wildman–Crippen MR) is 89.0 cm³/mol. The molecule has 118 valence electrons. The van der Waals surface area contributed by atoms with Gasteiger partial charge in [0.15, 0.2) is 0 Å². The number of hydrogen-bond donors (Lipinski definition) is 1. The van der Waals surface area contributed by atoms with E-state index in [1.165, 1.54) is 0 Å². The van der Waals surface area contributed by atoms with Crippen molar-refractivity contribution < 1.29 is 4.74 Å². The maximum Gasteiger partial charge on any atom is 0.143 e. The summed E-state index contributed by atoms with van der Waals surface area (Å²) in [5.41, 5.74) is 8.93. The van der Waals surface area contributed by atoms with Gasteiger partial charge in [-0.2, -0.15) is 5.10 Å². The number of nitrogen functional groups attached to an aromatic ring is 1. The minimum Gasteiger partial charge on any atom is -0.487 e. The van der Waals surface area contributed by atoms with Gasteiger partial charge in [0.2, 0.25) is 0 Å². The highest BCUT2D eigenvalue weighted by molar-refractivity contribution is 5.69. The molecule has 0 radical (unpaired) electrons. The minimum absolute atomic E-state index is 0.223. The fourth-order valence-corrected chi connectivity index (χ4v) is 2.76. The topological polar surface area (TPSA) is 56.3 Å². The van der Waals surface area contributed by atoms with Crippen LogP contribution in [0.5, 0.6) is 5.75 Å². The first-order valence-corrected chi connectivity index (χ1v) is 7.82. The van der Waals surface area contributed by atoms with E-state index in [9.17, 15) is 0 Å². The summed E-state index contributed by atoms with van der Waals surface area (Å²) in [4.78, 5) is 2.28. The number of aromatic nitrogens is 2. The number of likely N-dealkylation sites (N-methyl/N-ethyl adjacent to an activating group) is 1. The SMILES string of the molecule is CC(C)n1cc(-c2ccc(N)c(OC3CCN(C)C3)c2)cn1. The molecular formula is C17H24N4O. The average Bonchev–Trinajstić information content (AvgIpc) is 3.10. The zero-order chi connectivity index (χ0) is 15.7. The number of likely N-dealkylation sites (tertiary alicyclic amines) is 1. The molecule has 1 unspecified atom stereocenters. The maximum atomic E-state index is 6.10. The van der Waals surface area contributed by atoms with Crippen molar-refractivity contribution in [3.63, 3.8) is 0 Å². The van der Waals surface area contributed by atoms with Gasteiger partial charge in [0.25, 0.3) is 0 Å². The lowest BCUT2D eigenvalue weighted by Crippen LogP contribution is -2.21. The van der Waals surface area contributed by atoms with Gasteiger partial charge in [0.05, 0.1) is 11.9 Å². The number of anilines is 1. The van der Waals surface area contributed by atoms with Gasteiger partial charge in [-0.25, -0.2) is 0 Å². The number of rotatable bonds is 4. The molecule has 22 heavy (non-hydrogen) atoms. The van der Waals surface area contributed by atoms with Crippen LogP contribution in [0.2, 0.25) is 0 Å². The van der Waals surface area contributed by atoms with Crippen LogP contribution in [-0.2, 0) is 0 Å². The molecule has 2 heterocycles. The first-order chi connectivity index (χ1) is 10.5. The quantitative estimate of drug-likeness (QED) is 0.882. The van der Waals surface area contributed by atoms with Crippen LogP contribution in [0.3, 0.4) is 0 Å². The van der Waals surface area contributed by atoms with Gasteiger partial charge in [0, 0.05) is 30.9 Å². The fraction of sp³-hybridized carbons (Fsp3) is 0.471. The first kappa shape index (κ1) is 14.9. The van der Waals surface area contributed by atoms with E-state index in [2.05, 4.69) is 37.1 Å². The molecule has 5 heteroatoms. The van der Waals surface area contributed by atoms with E-state index in [0.717, 1.165) is 36.4 Å². The molecule has 1 aromatic carbocycles. The van der Waals surface area contributed by atoms with Crippen LogP contribution < -0.4 is 10.5 Å². The molecule has 0 amide bonds. The molecule has 3 rings (SSSR count). The van der Waals surface area contributed by atoms with Crippen molar-refractivity contribution in [2.45, 2.75) is 32.4 Å². The smallest absolute Gasteiger partial charge is 0.143 e. The van der Waals surface area contributed by atoms with Crippen molar-refractivity contribution in [3.05, 3.63) is 30.6 Å². The number of ether oxygens (including phenoxy) is 1. The van der Waals surface area contributed by atoms with Gasteiger partial charge in [-0.05, 0) is 45.0 Å². The molecule has 0 saturated carbocycles. The van der Waals surface area contributed by atoms with E-state index in [-0.39, 0.29) is 6.10 Å². The van der Waals surface area contributed by atoms with Gasteiger partial charge < -0.3 is 15.4 Å². The third-order valence-electron chi connectivity index (χ3n) is 4.12. The summed E-state index contributed by atoms with van der Waals surface area (Å²) in [5.74, 6) is 0.773. The Morgan fingerprint density at radius 1 is 1.32 bits per heavy atom. The van der Waals surface area contributed by atoms with Crippen molar-refractivity contribution in [1.29, 1.82) is 0 Å². The van der Waals surface area contributed by atoms with Crippen LogP contribution in [0.25, 0.3) is 11.1 Å². The van der Waals surface area contributed by atoms with Crippen molar-refractivity contribution in [2.75, 3.05) is 25.9 Å². The molecule has 2 N–H and O–H groups in total. The summed E-state index contributed by atoms with van der Waals surface area (Å²) >= 11 is 0. The highest BCUT2D eigenvalue weighted by atomic mass is 16.5. The lowest BCUT2D eigenvalue weighted by molar-refractivity contribution is 0.209. The van der Waals surface area contributed by atoms with Crippen LogP contribution in [0.4, 0.5) is 5.69 Å². The summed E-state index contributed by atoms with van der Waals surface area (Å²) in [7, 11) is 2.11. The van der Waals surface area contributed by atoms with Gasteiger partial charge in [-0.15, -0.1) is 0 Å². The third kappa shape index (κ3) is 3.09. The second kappa shape index (κ2) is 6.01. The Morgan fingerprint density at radius 2 is 2.14 bits per heavy atom. The Hall–Kier alpha value is -2.01. The molecule has 1 fully saturated rings. The number of nitrogens with zero attached hydrogens (tertiary/aromatic N) is 3. The first-order valence-electron chi connectivity index (χ1n) is 7.82. The summed E-state index contributed by atoms with van der Waals surface area (Å²) in [6.45, 7) is 6.26. The van der Waals surface area contributed by atoms with Gasteiger partial charge in [0.1, 0.15) is 11.9 Å². The molecule has 0 aliphatic carbocycles. The summed E-state index contributed by atoms with van der Waals surface area (Å²) in [6, 6.07) is 6.31. The lowest BCUT2D eigenvalue weighted by Gasteiger charge is -2.16. The molecule has 1 aromatic heterocycles. The van der Waals surface area contributed by atoms with Crippen LogP contribution in [0, 0.1) is 0 Å². The fourth-order valence-electron chi connectivity index (χ4n) is 2.76. The van der Waals surface area contributed by atoms with E-state index in [4.69, 9.17) is 10.5 Å². The van der Waals surface area contributed by atoms with E-state index in [1.807, 2.05) is 29.1 Å². The second-order valence-electron chi connectivity index (χ2n) is 6.35. The van der Waals surface area contributed by atoms with Gasteiger partial charge >= 0.3 is 0 Å². The van der Waals surface area contributed by atoms with Crippen LogP contribution in [0.15, 0.2) is 30.6 Å². The summed E-state index contributed by atoms with van der Waals surface area (Å²) < 4.78 is 8.06. The predicted octanol–water partition coefficient (Wildman–Crippen LogP) is 2.80. The second-order valence-corrected chi connectivity index (χ2v) is 6.35. The van der Waals surface area contributed by atoms with Crippen molar-refractivity contribution >= 4 is 5.69 Å². The standard InChI is InChI=1S/C17H24N4O/c1-12(2)21-10-14(9-19-21)13-4-5-16(18)17(8-13)22-15-6-7-20(3)11-15/h4-5,8-10,12,15H,6-7,11,18H2,1-3H3. The van der Waals surface area contributed by atoms with Crippen molar-refractivity contribution in [1.82, 2.24) is 14.7 Å². The Bertz CT molecular complexity index is 650. The number of nitrogens with two attached hydrogens (primary N) is 1. The van der Waals surface area contributed by atoms with E-state index < -0.39 is 0 Å².